The lowest BCUT2D eigenvalue weighted by Gasteiger charge is -2.12. The number of amides is 1. The van der Waals surface area contributed by atoms with Crippen molar-refractivity contribution in [3.05, 3.63) is 50.9 Å². The maximum Gasteiger partial charge on any atom is 0.355 e. The molecule has 0 bridgehead atoms. The fourth-order valence-electron chi connectivity index (χ4n) is 3.67. The fraction of sp³-hybridized carbons (Fsp3) is 0.409. The van der Waals surface area contributed by atoms with E-state index in [0.717, 1.165) is 54.3 Å². The molecule has 0 aliphatic heterocycles. The highest BCUT2D eigenvalue weighted by Crippen LogP contribution is 2.38. The lowest BCUT2D eigenvalue weighted by atomic mass is 10.1. The molecule has 1 N–H and O–H groups in total. The highest BCUT2D eigenvalue weighted by atomic mass is 32.2. The molecule has 0 saturated heterocycles. The van der Waals surface area contributed by atoms with Crippen LogP contribution in [0.25, 0.3) is 5.65 Å². The minimum absolute atomic E-state index is 0.233. The molecule has 1 amide bonds. The summed E-state index contributed by atoms with van der Waals surface area (Å²) in [4.78, 5) is 47.3. The van der Waals surface area contributed by atoms with E-state index in [-0.39, 0.29) is 17.7 Å². The van der Waals surface area contributed by atoms with E-state index in [4.69, 9.17) is 4.74 Å². The van der Waals surface area contributed by atoms with Gasteiger partial charge in [0.25, 0.3) is 0 Å². The van der Waals surface area contributed by atoms with Crippen LogP contribution in [-0.4, -0.2) is 38.1 Å². The number of aryl methyl sites for hydroxylation is 1. The summed E-state index contributed by atoms with van der Waals surface area (Å²) in [5.74, 6) is -0.679. The van der Waals surface area contributed by atoms with Crippen LogP contribution in [0.4, 0.5) is 5.00 Å². The van der Waals surface area contributed by atoms with Gasteiger partial charge in [-0.05, 0) is 57.2 Å². The van der Waals surface area contributed by atoms with E-state index in [9.17, 15) is 14.4 Å². The number of nitrogens with zero attached hydrogens (tertiary/aromatic N) is 3. The molecule has 0 saturated carbocycles. The van der Waals surface area contributed by atoms with Gasteiger partial charge in [-0.25, -0.2) is 14.6 Å². The van der Waals surface area contributed by atoms with E-state index < -0.39 is 16.9 Å². The van der Waals surface area contributed by atoms with Gasteiger partial charge in [-0.3, -0.25) is 9.20 Å². The van der Waals surface area contributed by atoms with Crippen LogP contribution in [0.1, 0.15) is 53.9 Å². The Morgan fingerprint density at radius 3 is 2.88 bits per heavy atom. The maximum absolute atomic E-state index is 13.0. The first-order valence-electron chi connectivity index (χ1n) is 10.6. The Hall–Kier alpha value is -2.72. The molecule has 1 aliphatic rings. The number of nitrogens with one attached hydrogen (secondary N) is 1. The molecular weight excluding hydrogens is 448 g/mol. The van der Waals surface area contributed by atoms with Crippen molar-refractivity contribution in [2.45, 2.75) is 56.4 Å². The lowest BCUT2D eigenvalue weighted by molar-refractivity contribution is -0.115. The van der Waals surface area contributed by atoms with Gasteiger partial charge in [-0.15, -0.1) is 11.3 Å². The molecule has 1 atom stereocenters. The van der Waals surface area contributed by atoms with Crippen molar-refractivity contribution in [3.63, 3.8) is 0 Å². The molecule has 32 heavy (non-hydrogen) atoms. The van der Waals surface area contributed by atoms with Gasteiger partial charge >= 0.3 is 11.7 Å². The Kier molecular flexibility index (Phi) is 6.90. The molecule has 0 radical (unpaired) electrons. The molecule has 10 heteroatoms. The highest BCUT2D eigenvalue weighted by Gasteiger charge is 2.28. The number of carbonyl (C=O) groups is 2. The van der Waals surface area contributed by atoms with Gasteiger partial charge in [-0.2, -0.15) is 4.98 Å². The minimum atomic E-state index is -0.572. The number of esters is 1. The SMILES string of the molecule is CCOC(=O)c1c(NC(=O)[C@@H](C)Sc2nc(=O)n3ccccc3n2)sc2c1CCCCC2. The molecule has 168 valence electrons. The zero-order chi connectivity index (χ0) is 22.7. The normalized spacial score (nSPS) is 14.4. The molecule has 8 nitrogen and oxygen atoms in total. The standard InChI is InChI=1S/C22H24N4O4S2/c1-3-30-20(28)17-14-9-5-4-6-10-15(14)32-19(17)24-18(27)13(2)31-21-23-16-11-7-8-12-26(16)22(29)25-21/h7-8,11-13H,3-6,9-10H2,1-2H3,(H,24,27)/t13-/m1/s1. The average molecular weight is 473 g/mol. The van der Waals surface area contributed by atoms with E-state index in [1.54, 1.807) is 38.2 Å². The van der Waals surface area contributed by atoms with Crippen molar-refractivity contribution in [3.8, 4) is 0 Å². The summed E-state index contributed by atoms with van der Waals surface area (Å²) in [5.41, 5.74) is 1.51. The van der Waals surface area contributed by atoms with Gasteiger partial charge in [0.05, 0.1) is 17.4 Å². The summed E-state index contributed by atoms with van der Waals surface area (Å²) in [5, 5.41) is 3.11. The third kappa shape index (κ3) is 4.71. The van der Waals surface area contributed by atoms with Gasteiger partial charge in [-0.1, -0.05) is 24.2 Å². The first-order valence-corrected chi connectivity index (χ1v) is 12.3. The van der Waals surface area contributed by atoms with Crippen LogP contribution in [-0.2, 0) is 22.4 Å². The average Bonchev–Trinajstić information content (AvgIpc) is 2.94. The van der Waals surface area contributed by atoms with Gasteiger partial charge in [0.15, 0.2) is 5.16 Å². The van der Waals surface area contributed by atoms with Crippen molar-refractivity contribution in [1.82, 2.24) is 14.4 Å². The van der Waals surface area contributed by atoms with Crippen LogP contribution in [0.15, 0.2) is 34.3 Å². The largest absolute Gasteiger partial charge is 0.462 e. The number of ether oxygens (including phenoxy) is 1. The fourth-order valence-corrected chi connectivity index (χ4v) is 5.71. The van der Waals surface area contributed by atoms with E-state index in [1.807, 2.05) is 0 Å². The molecule has 0 aromatic carbocycles. The number of thioether (sulfide) groups is 1. The van der Waals surface area contributed by atoms with Gasteiger partial charge in [0.1, 0.15) is 10.6 Å². The van der Waals surface area contributed by atoms with Crippen molar-refractivity contribution in [2.24, 2.45) is 0 Å². The van der Waals surface area contributed by atoms with E-state index in [0.29, 0.717) is 16.2 Å². The molecule has 0 spiro atoms. The Morgan fingerprint density at radius 1 is 1.25 bits per heavy atom. The third-order valence-corrected chi connectivity index (χ3v) is 7.40. The molecule has 4 rings (SSSR count). The Balaban J connectivity index is 1.56. The summed E-state index contributed by atoms with van der Waals surface area (Å²) in [6, 6.07) is 5.22. The van der Waals surface area contributed by atoms with Gasteiger partial charge in [0, 0.05) is 11.1 Å². The summed E-state index contributed by atoms with van der Waals surface area (Å²) in [6.45, 7) is 3.77. The molecule has 1 aliphatic carbocycles. The third-order valence-electron chi connectivity index (χ3n) is 5.23. The Labute approximate surface area is 193 Å². The zero-order valence-electron chi connectivity index (χ0n) is 17.9. The Morgan fingerprint density at radius 2 is 2.06 bits per heavy atom. The molecular formula is C22H24N4O4S2. The number of anilines is 1. The molecule has 3 heterocycles. The number of carbonyl (C=O) groups excluding carboxylic acids is 2. The lowest BCUT2D eigenvalue weighted by Crippen LogP contribution is -2.25. The first-order chi connectivity index (χ1) is 15.5. The van der Waals surface area contributed by atoms with Crippen molar-refractivity contribution in [1.29, 1.82) is 0 Å². The number of pyridine rings is 1. The number of hydrogen-bond acceptors (Lipinski definition) is 8. The molecule has 0 fully saturated rings. The second-order valence-electron chi connectivity index (χ2n) is 7.46. The topological polar surface area (TPSA) is 103 Å². The van der Waals surface area contributed by atoms with E-state index in [2.05, 4.69) is 15.3 Å². The van der Waals surface area contributed by atoms with Crippen LogP contribution in [0.5, 0.6) is 0 Å². The van der Waals surface area contributed by atoms with Crippen LogP contribution >= 0.6 is 23.1 Å². The monoisotopic (exact) mass is 472 g/mol. The second-order valence-corrected chi connectivity index (χ2v) is 9.87. The predicted molar refractivity (Wildman–Crippen MR) is 125 cm³/mol. The van der Waals surface area contributed by atoms with Crippen LogP contribution < -0.4 is 11.0 Å². The predicted octanol–water partition coefficient (Wildman–Crippen LogP) is 3.72. The summed E-state index contributed by atoms with van der Waals surface area (Å²) in [7, 11) is 0. The first kappa shape index (κ1) is 22.5. The highest BCUT2D eigenvalue weighted by molar-refractivity contribution is 8.00. The quantitative estimate of drug-likeness (QED) is 0.331. The smallest absolute Gasteiger partial charge is 0.355 e. The van der Waals surface area contributed by atoms with E-state index >= 15 is 0 Å². The van der Waals surface area contributed by atoms with Gasteiger partial charge in [0.2, 0.25) is 5.91 Å². The maximum atomic E-state index is 13.0. The number of aromatic nitrogens is 3. The molecule has 3 aromatic rings. The van der Waals surface area contributed by atoms with E-state index in [1.165, 1.54) is 15.7 Å². The zero-order valence-corrected chi connectivity index (χ0v) is 19.6. The number of fused-ring (bicyclic) bond motifs is 2. The van der Waals surface area contributed by atoms with Crippen molar-refractivity contribution < 1.29 is 14.3 Å². The van der Waals surface area contributed by atoms with Crippen molar-refractivity contribution in [2.75, 3.05) is 11.9 Å². The van der Waals surface area contributed by atoms with Crippen LogP contribution in [0.2, 0.25) is 0 Å². The minimum Gasteiger partial charge on any atom is -0.462 e. The summed E-state index contributed by atoms with van der Waals surface area (Å²) in [6.07, 6.45) is 6.54. The number of rotatable bonds is 6. The summed E-state index contributed by atoms with van der Waals surface area (Å²) >= 11 is 2.56. The van der Waals surface area contributed by atoms with Gasteiger partial charge < -0.3 is 10.1 Å². The number of hydrogen-bond donors (Lipinski definition) is 1. The number of thiophene rings is 1. The van der Waals surface area contributed by atoms with Crippen molar-refractivity contribution >= 4 is 45.6 Å². The molecule has 0 unspecified atom stereocenters. The van der Waals surface area contributed by atoms with Crippen LogP contribution in [0, 0.1) is 0 Å². The van der Waals surface area contributed by atoms with Crippen LogP contribution in [0.3, 0.4) is 0 Å². The summed E-state index contributed by atoms with van der Waals surface area (Å²) < 4.78 is 6.63. The Bertz CT molecular complexity index is 1220. The second kappa shape index (κ2) is 9.83. The molecule has 3 aromatic heterocycles.